The molecule has 1 aliphatic heterocycles. The molecular formula is C21H27N5O2S. The molecule has 0 N–H and O–H groups in total. The van der Waals surface area contributed by atoms with E-state index in [-0.39, 0.29) is 11.5 Å². The Labute approximate surface area is 174 Å². The Bertz CT molecular complexity index is 1070. The van der Waals surface area contributed by atoms with Crippen molar-refractivity contribution >= 4 is 34.3 Å². The lowest BCUT2D eigenvalue weighted by Gasteiger charge is -2.26. The number of para-hydroxylation sites is 1. The topological polar surface area (TPSA) is 72.5 Å². The van der Waals surface area contributed by atoms with E-state index in [1.807, 2.05) is 33.6 Å². The molecule has 3 aromatic rings. The van der Waals surface area contributed by atoms with Gasteiger partial charge in [0.2, 0.25) is 11.7 Å². The van der Waals surface area contributed by atoms with Crippen molar-refractivity contribution in [1.29, 1.82) is 0 Å². The minimum Gasteiger partial charge on any atom is -0.342 e. The summed E-state index contributed by atoms with van der Waals surface area (Å²) in [7, 11) is 0. The number of thioether (sulfide) groups is 1. The average Bonchev–Trinajstić information content (AvgIpc) is 3.19. The van der Waals surface area contributed by atoms with Crippen LogP contribution in [-0.4, -0.2) is 48.8 Å². The number of nitrogens with zero attached hydrogens (tertiary/aromatic N) is 5. The third-order valence-corrected chi connectivity index (χ3v) is 6.41. The largest absolute Gasteiger partial charge is 0.342 e. The fourth-order valence-corrected chi connectivity index (χ4v) is 4.75. The van der Waals surface area contributed by atoms with Gasteiger partial charge in [-0.2, -0.15) is 0 Å². The van der Waals surface area contributed by atoms with Crippen LogP contribution in [0.25, 0.3) is 16.7 Å². The molecule has 29 heavy (non-hydrogen) atoms. The first-order chi connectivity index (χ1) is 14.2. The van der Waals surface area contributed by atoms with Gasteiger partial charge in [0.05, 0.1) is 16.7 Å². The van der Waals surface area contributed by atoms with Gasteiger partial charge in [-0.05, 0) is 37.8 Å². The number of aromatic nitrogens is 4. The summed E-state index contributed by atoms with van der Waals surface area (Å²) in [6.07, 6.45) is 6.44. The van der Waals surface area contributed by atoms with Crippen molar-refractivity contribution in [2.45, 2.75) is 57.1 Å². The standard InChI is InChI=1S/C21H27N5O2S/c1-2-3-7-14-25-19(28)16-10-5-6-11-17(16)26-20(25)22-23-21(26)29-15-18(27)24-12-8-4-9-13-24/h5-6,10-11H,2-4,7-9,12-15H2,1H3. The maximum Gasteiger partial charge on any atom is 0.262 e. The zero-order valence-corrected chi connectivity index (χ0v) is 17.7. The monoisotopic (exact) mass is 413 g/mol. The Morgan fingerprint density at radius 1 is 1.10 bits per heavy atom. The molecule has 0 bridgehead atoms. The van der Waals surface area contributed by atoms with Crippen LogP contribution in [0.1, 0.15) is 45.4 Å². The van der Waals surface area contributed by atoms with E-state index in [2.05, 4.69) is 17.1 Å². The van der Waals surface area contributed by atoms with Crippen LogP contribution >= 0.6 is 11.8 Å². The second kappa shape index (κ2) is 8.98. The fraction of sp³-hybridized carbons (Fsp3) is 0.524. The molecule has 154 valence electrons. The predicted molar refractivity (Wildman–Crippen MR) is 115 cm³/mol. The number of likely N-dealkylation sites (tertiary alicyclic amines) is 1. The van der Waals surface area contributed by atoms with Crippen LogP contribution in [0, 0.1) is 0 Å². The molecular weight excluding hydrogens is 386 g/mol. The van der Waals surface area contributed by atoms with Crippen molar-refractivity contribution < 1.29 is 4.79 Å². The number of unbranched alkanes of at least 4 members (excludes halogenated alkanes) is 2. The number of hydrogen-bond donors (Lipinski definition) is 0. The number of rotatable bonds is 7. The Morgan fingerprint density at radius 3 is 2.69 bits per heavy atom. The molecule has 1 saturated heterocycles. The van der Waals surface area contributed by atoms with Gasteiger partial charge in [0, 0.05) is 19.6 Å². The number of amides is 1. The molecule has 0 unspecified atom stereocenters. The summed E-state index contributed by atoms with van der Waals surface area (Å²) in [6.45, 7) is 4.46. The first-order valence-corrected chi connectivity index (χ1v) is 11.5. The molecule has 1 amide bonds. The summed E-state index contributed by atoms with van der Waals surface area (Å²) in [5, 5.41) is 9.98. The van der Waals surface area contributed by atoms with E-state index in [4.69, 9.17) is 0 Å². The molecule has 0 atom stereocenters. The second-order valence-electron chi connectivity index (χ2n) is 7.53. The van der Waals surface area contributed by atoms with Gasteiger partial charge in [0.15, 0.2) is 5.16 Å². The van der Waals surface area contributed by atoms with Crippen molar-refractivity contribution in [3.05, 3.63) is 34.6 Å². The molecule has 1 aliphatic rings. The Balaban J connectivity index is 1.68. The van der Waals surface area contributed by atoms with Crippen LogP contribution in [0.2, 0.25) is 0 Å². The smallest absolute Gasteiger partial charge is 0.262 e. The minimum absolute atomic E-state index is 0.0300. The highest BCUT2D eigenvalue weighted by molar-refractivity contribution is 7.99. The third-order valence-electron chi connectivity index (χ3n) is 5.50. The molecule has 0 spiro atoms. The van der Waals surface area contributed by atoms with Gasteiger partial charge in [-0.15, -0.1) is 10.2 Å². The Kier molecular flexibility index (Phi) is 6.18. The summed E-state index contributed by atoms with van der Waals surface area (Å²) >= 11 is 1.40. The van der Waals surface area contributed by atoms with E-state index < -0.39 is 0 Å². The lowest BCUT2D eigenvalue weighted by Crippen LogP contribution is -2.36. The zero-order chi connectivity index (χ0) is 20.2. The molecule has 7 nitrogen and oxygen atoms in total. The summed E-state index contributed by atoms with van der Waals surface area (Å²) in [4.78, 5) is 27.6. The number of aryl methyl sites for hydroxylation is 1. The average molecular weight is 414 g/mol. The maximum absolute atomic E-state index is 13.0. The highest BCUT2D eigenvalue weighted by Crippen LogP contribution is 2.22. The number of carbonyl (C=O) groups excluding carboxylic acids is 1. The maximum atomic E-state index is 13.0. The Hall–Kier alpha value is -2.35. The van der Waals surface area contributed by atoms with Gasteiger partial charge in [0.25, 0.3) is 5.56 Å². The predicted octanol–water partition coefficient (Wildman–Crippen LogP) is 3.34. The summed E-state index contributed by atoms with van der Waals surface area (Å²) in [5.74, 6) is 1.04. The molecule has 4 rings (SSSR count). The van der Waals surface area contributed by atoms with E-state index in [9.17, 15) is 9.59 Å². The van der Waals surface area contributed by atoms with Crippen LogP contribution in [0.15, 0.2) is 34.2 Å². The number of carbonyl (C=O) groups is 1. The molecule has 1 fully saturated rings. The fourth-order valence-electron chi connectivity index (χ4n) is 3.91. The van der Waals surface area contributed by atoms with Gasteiger partial charge in [-0.3, -0.25) is 18.6 Å². The highest BCUT2D eigenvalue weighted by Gasteiger charge is 2.20. The van der Waals surface area contributed by atoms with E-state index in [1.54, 1.807) is 4.57 Å². The lowest BCUT2D eigenvalue weighted by molar-refractivity contribution is -0.129. The van der Waals surface area contributed by atoms with Crippen molar-refractivity contribution in [2.24, 2.45) is 0 Å². The lowest BCUT2D eigenvalue weighted by atomic mass is 10.1. The normalized spacial score (nSPS) is 14.7. The molecule has 0 saturated carbocycles. The minimum atomic E-state index is -0.0300. The van der Waals surface area contributed by atoms with Crippen LogP contribution in [0.5, 0.6) is 0 Å². The van der Waals surface area contributed by atoms with Crippen molar-refractivity contribution in [2.75, 3.05) is 18.8 Å². The summed E-state index contributed by atoms with van der Waals surface area (Å²) < 4.78 is 3.65. The summed E-state index contributed by atoms with van der Waals surface area (Å²) in [6, 6.07) is 7.56. The van der Waals surface area contributed by atoms with Crippen LogP contribution in [0.3, 0.4) is 0 Å². The van der Waals surface area contributed by atoms with Gasteiger partial charge in [-0.25, -0.2) is 0 Å². The SMILES string of the molecule is CCCCCn1c(=O)c2ccccc2n2c(SCC(=O)N3CCCCC3)nnc12. The van der Waals surface area contributed by atoms with Crippen molar-refractivity contribution in [3.63, 3.8) is 0 Å². The van der Waals surface area contributed by atoms with Crippen molar-refractivity contribution in [3.8, 4) is 0 Å². The van der Waals surface area contributed by atoms with E-state index >= 15 is 0 Å². The van der Waals surface area contributed by atoms with Gasteiger partial charge in [0.1, 0.15) is 0 Å². The van der Waals surface area contributed by atoms with Crippen molar-refractivity contribution in [1.82, 2.24) is 24.1 Å². The summed E-state index contributed by atoms with van der Waals surface area (Å²) in [5.41, 5.74) is 0.759. The van der Waals surface area contributed by atoms with E-state index in [1.165, 1.54) is 18.2 Å². The molecule has 2 aromatic heterocycles. The molecule has 1 aromatic carbocycles. The number of piperidine rings is 1. The second-order valence-corrected chi connectivity index (χ2v) is 8.47. The molecule has 3 heterocycles. The van der Waals surface area contributed by atoms with Gasteiger partial charge < -0.3 is 4.90 Å². The molecule has 0 aliphatic carbocycles. The van der Waals surface area contributed by atoms with E-state index in [0.717, 1.165) is 50.7 Å². The Morgan fingerprint density at radius 2 is 1.90 bits per heavy atom. The van der Waals surface area contributed by atoms with Gasteiger partial charge in [-0.1, -0.05) is 43.7 Å². The molecule has 0 radical (unpaired) electrons. The zero-order valence-electron chi connectivity index (χ0n) is 16.8. The first kappa shape index (κ1) is 19.9. The first-order valence-electron chi connectivity index (χ1n) is 10.5. The quantitative estimate of drug-likeness (QED) is 0.439. The number of benzene rings is 1. The highest BCUT2D eigenvalue weighted by atomic mass is 32.2. The van der Waals surface area contributed by atoms with Crippen LogP contribution in [-0.2, 0) is 11.3 Å². The van der Waals surface area contributed by atoms with E-state index in [0.29, 0.717) is 28.6 Å². The van der Waals surface area contributed by atoms with Crippen LogP contribution < -0.4 is 5.56 Å². The third kappa shape index (κ3) is 4.03. The number of fused-ring (bicyclic) bond motifs is 3. The molecule has 8 heteroatoms. The number of hydrogen-bond acceptors (Lipinski definition) is 5. The van der Waals surface area contributed by atoms with Crippen LogP contribution in [0.4, 0.5) is 0 Å². The van der Waals surface area contributed by atoms with Gasteiger partial charge >= 0.3 is 0 Å².